The Morgan fingerprint density at radius 3 is 3.18 bits per heavy atom. The molecular weight excluding hydrogens is 242 g/mol. The average molecular weight is 255 g/mol. The van der Waals surface area contributed by atoms with Gasteiger partial charge < -0.3 is 15.6 Å². The minimum absolute atomic E-state index is 0.0229. The number of nitrogens with zero attached hydrogens (tertiary/aromatic N) is 4. The molecule has 1 saturated heterocycles. The first kappa shape index (κ1) is 11.0. The van der Waals surface area contributed by atoms with Crippen LogP contribution >= 0.6 is 11.3 Å². The molecule has 3 N–H and O–H groups in total. The first-order valence-electron chi connectivity index (χ1n) is 5.49. The van der Waals surface area contributed by atoms with E-state index in [0.717, 1.165) is 25.3 Å². The maximum atomic E-state index is 9.00. The van der Waals surface area contributed by atoms with Crippen LogP contribution in [0.1, 0.15) is 35.8 Å². The lowest BCUT2D eigenvalue weighted by atomic mass is 10.2. The molecule has 1 fully saturated rings. The zero-order chi connectivity index (χ0) is 11.8. The number of aliphatic hydroxyl groups excluding tert-OH is 1. The summed E-state index contributed by atoms with van der Waals surface area (Å²) in [6.07, 6.45) is 1.96. The number of aromatic nitrogens is 4. The molecule has 7 nitrogen and oxygen atoms in total. The van der Waals surface area contributed by atoms with Crippen molar-refractivity contribution < 1.29 is 9.84 Å². The summed E-state index contributed by atoms with van der Waals surface area (Å²) in [5.41, 5.74) is 5.73. The van der Waals surface area contributed by atoms with E-state index in [1.807, 2.05) is 0 Å². The van der Waals surface area contributed by atoms with Crippen LogP contribution in [0.2, 0.25) is 0 Å². The van der Waals surface area contributed by atoms with E-state index in [-0.39, 0.29) is 12.7 Å². The molecule has 92 valence electrons. The predicted molar refractivity (Wildman–Crippen MR) is 60.6 cm³/mol. The number of fused-ring (bicyclic) bond motifs is 1. The standard InChI is InChI=1S/C9H13N5O2S/c10-5(4-15)8-13-14-7(6-2-1-3-16-6)11-12-9(14)17-8/h5-6,15H,1-4,10H2. The molecule has 0 aliphatic carbocycles. The zero-order valence-electron chi connectivity index (χ0n) is 9.11. The van der Waals surface area contributed by atoms with Crippen LogP contribution in [0.3, 0.4) is 0 Å². The molecule has 2 atom stereocenters. The van der Waals surface area contributed by atoms with Crippen LogP contribution in [-0.2, 0) is 4.74 Å². The van der Waals surface area contributed by atoms with Gasteiger partial charge in [-0.3, -0.25) is 0 Å². The summed E-state index contributed by atoms with van der Waals surface area (Å²) in [4.78, 5) is 0.689. The van der Waals surface area contributed by atoms with Crippen molar-refractivity contribution in [3.05, 3.63) is 10.8 Å². The van der Waals surface area contributed by atoms with E-state index in [2.05, 4.69) is 15.3 Å². The number of ether oxygens (including phenoxy) is 1. The Morgan fingerprint density at radius 2 is 2.47 bits per heavy atom. The van der Waals surface area contributed by atoms with Crippen LogP contribution in [0.4, 0.5) is 0 Å². The molecule has 3 rings (SSSR count). The van der Waals surface area contributed by atoms with Crippen molar-refractivity contribution in [3.63, 3.8) is 0 Å². The smallest absolute Gasteiger partial charge is 0.234 e. The highest BCUT2D eigenvalue weighted by Gasteiger charge is 2.25. The van der Waals surface area contributed by atoms with Gasteiger partial charge in [-0.2, -0.15) is 9.61 Å². The van der Waals surface area contributed by atoms with Crippen molar-refractivity contribution in [2.24, 2.45) is 5.73 Å². The van der Waals surface area contributed by atoms with Crippen LogP contribution in [0, 0.1) is 0 Å². The number of nitrogens with two attached hydrogens (primary N) is 1. The van der Waals surface area contributed by atoms with E-state index in [1.165, 1.54) is 11.3 Å². The van der Waals surface area contributed by atoms with Crippen molar-refractivity contribution in [1.82, 2.24) is 19.8 Å². The second-order valence-electron chi connectivity index (χ2n) is 3.98. The minimum atomic E-state index is -0.459. The highest BCUT2D eigenvalue weighted by atomic mass is 32.1. The fourth-order valence-electron chi connectivity index (χ4n) is 1.86. The molecule has 0 spiro atoms. The molecule has 3 heterocycles. The summed E-state index contributed by atoms with van der Waals surface area (Å²) in [7, 11) is 0. The van der Waals surface area contributed by atoms with Crippen LogP contribution < -0.4 is 5.73 Å². The van der Waals surface area contributed by atoms with E-state index in [1.54, 1.807) is 4.52 Å². The largest absolute Gasteiger partial charge is 0.394 e. The second kappa shape index (κ2) is 4.30. The van der Waals surface area contributed by atoms with Gasteiger partial charge in [0.25, 0.3) is 0 Å². The molecule has 0 saturated carbocycles. The third-order valence-electron chi connectivity index (χ3n) is 2.76. The molecule has 8 heteroatoms. The summed E-state index contributed by atoms with van der Waals surface area (Å²) in [5.74, 6) is 0.727. The molecule has 2 aromatic rings. The topological polar surface area (TPSA) is 98.6 Å². The van der Waals surface area contributed by atoms with Gasteiger partial charge in [0.2, 0.25) is 4.96 Å². The van der Waals surface area contributed by atoms with Gasteiger partial charge in [-0.25, -0.2) is 0 Å². The molecule has 2 unspecified atom stereocenters. The lowest BCUT2D eigenvalue weighted by Gasteiger charge is -2.05. The van der Waals surface area contributed by atoms with Crippen molar-refractivity contribution in [1.29, 1.82) is 0 Å². The van der Waals surface area contributed by atoms with Crippen LogP contribution in [0.25, 0.3) is 4.96 Å². The van der Waals surface area contributed by atoms with E-state index in [9.17, 15) is 0 Å². The molecule has 0 radical (unpaired) electrons. The van der Waals surface area contributed by atoms with E-state index >= 15 is 0 Å². The second-order valence-corrected chi connectivity index (χ2v) is 4.97. The highest BCUT2D eigenvalue weighted by molar-refractivity contribution is 7.16. The van der Waals surface area contributed by atoms with Gasteiger partial charge in [0.15, 0.2) is 5.82 Å². The quantitative estimate of drug-likeness (QED) is 0.802. The number of hydrogen-bond donors (Lipinski definition) is 2. The van der Waals surface area contributed by atoms with Crippen molar-refractivity contribution in [3.8, 4) is 0 Å². The Morgan fingerprint density at radius 1 is 1.59 bits per heavy atom. The van der Waals surface area contributed by atoms with E-state index < -0.39 is 6.04 Å². The highest BCUT2D eigenvalue weighted by Crippen LogP contribution is 2.29. The third-order valence-corrected chi connectivity index (χ3v) is 3.79. The van der Waals surface area contributed by atoms with Crippen molar-refractivity contribution >= 4 is 16.3 Å². The van der Waals surface area contributed by atoms with Crippen LogP contribution in [0.5, 0.6) is 0 Å². The number of rotatable bonds is 3. The van der Waals surface area contributed by atoms with Gasteiger partial charge in [-0.05, 0) is 12.8 Å². The summed E-state index contributed by atoms with van der Waals surface area (Å²) in [6.45, 7) is 0.631. The van der Waals surface area contributed by atoms with Crippen molar-refractivity contribution in [2.75, 3.05) is 13.2 Å². The SMILES string of the molecule is NC(CO)c1nn2c(C3CCCO3)nnc2s1. The van der Waals surface area contributed by atoms with Gasteiger partial charge in [0.1, 0.15) is 11.1 Å². The van der Waals surface area contributed by atoms with Gasteiger partial charge >= 0.3 is 0 Å². The third kappa shape index (κ3) is 1.82. The molecule has 0 amide bonds. The Balaban J connectivity index is 1.99. The summed E-state index contributed by atoms with van der Waals surface area (Å²) in [6, 6.07) is -0.459. The van der Waals surface area contributed by atoms with Gasteiger partial charge in [0, 0.05) is 6.61 Å². The molecule has 0 aromatic carbocycles. The number of hydrogen-bond acceptors (Lipinski definition) is 7. The number of aliphatic hydroxyl groups is 1. The minimum Gasteiger partial charge on any atom is -0.394 e. The van der Waals surface area contributed by atoms with E-state index in [0.29, 0.717) is 9.97 Å². The molecule has 1 aliphatic heterocycles. The maximum absolute atomic E-state index is 9.00. The Kier molecular flexibility index (Phi) is 2.79. The normalized spacial score (nSPS) is 22.4. The monoisotopic (exact) mass is 255 g/mol. The Labute approximate surface area is 101 Å². The van der Waals surface area contributed by atoms with E-state index in [4.69, 9.17) is 15.6 Å². The lowest BCUT2D eigenvalue weighted by Crippen LogP contribution is -2.15. The van der Waals surface area contributed by atoms with Crippen LogP contribution in [0.15, 0.2) is 0 Å². The predicted octanol–water partition coefficient (Wildman–Crippen LogP) is 0.0294. The molecule has 2 aromatic heterocycles. The fraction of sp³-hybridized carbons (Fsp3) is 0.667. The molecule has 0 bridgehead atoms. The van der Waals surface area contributed by atoms with Crippen molar-refractivity contribution in [2.45, 2.75) is 25.0 Å². The summed E-state index contributed by atoms with van der Waals surface area (Å²) >= 11 is 1.35. The Bertz CT molecular complexity index is 518. The zero-order valence-corrected chi connectivity index (χ0v) is 9.93. The molecule has 1 aliphatic rings. The summed E-state index contributed by atoms with van der Waals surface area (Å²) < 4.78 is 7.23. The molecular formula is C9H13N5O2S. The summed E-state index contributed by atoms with van der Waals surface area (Å²) in [5, 5.41) is 22.1. The first-order chi connectivity index (χ1) is 8.29. The van der Waals surface area contributed by atoms with Gasteiger partial charge in [-0.1, -0.05) is 11.3 Å². The lowest BCUT2D eigenvalue weighted by molar-refractivity contribution is 0.103. The first-order valence-corrected chi connectivity index (χ1v) is 6.31. The fourth-order valence-corrected chi connectivity index (χ4v) is 2.69. The van der Waals surface area contributed by atoms with Gasteiger partial charge in [0.05, 0.1) is 12.6 Å². The van der Waals surface area contributed by atoms with Gasteiger partial charge in [-0.15, -0.1) is 10.2 Å². The maximum Gasteiger partial charge on any atom is 0.234 e. The molecule has 17 heavy (non-hydrogen) atoms. The average Bonchev–Trinajstić information content (AvgIpc) is 3.02. The Hall–Kier alpha value is -1.09. The van der Waals surface area contributed by atoms with Crippen LogP contribution in [-0.4, -0.2) is 38.1 Å².